The molecule has 0 spiro atoms. The Morgan fingerprint density at radius 3 is 2.60 bits per heavy atom. The van der Waals surface area contributed by atoms with Gasteiger partial charge in [-0.1, -0.05) is 6.07 Å². The molecule has 6 nitrogen and oxygen atoms in total. The molecule has 0 aliphatic heterocycles. The summed E-state index contributed by atoms with van der Waals surface area (Å²) < 4.78 is 5.94. The molecule has 0 saturated heterocycles. The lowest BCUT2D eigenvalue weighted by Gasteiger charge is -2.08. The normalized spacial score (nSPS) is 10.1. The van der Waals surface area contributed by atoms with E-state index in [1.54, 1.807) is 6.07 Å². The number of aromatic carboxylic acids is 1. The number of nitrogens with zero attached hydrogens (tertiary/aromatic N) is 1. The van der Waals surface area contributed by atoms with Crippen molar-refractivity contribution in [3.8, 4) is 11.5 Å². The van der Waals surface area contributed by atoms with E-state index >= 15 is 0 Å². The first-order valence-corrected chi connectivity index (χ1v) is 6.22. The van der Waals surface area contributed by atoms with Crippen LogP contribution in [0.3, 0.4) is 0 Å². The molecule has 0 fully saturated rings. The van der Waals surface area contributed by atoms with Gasteiger partial charge in [0.05, 0.1) is 21.0 Å². The van der Waals surface area contributed by atoms with Crippen molar-refractivity contribution >= 4 is 27.6 Å². The number of rotatable bonds is 4. The van der Waals surface area contributed by atoms with Crippen molar-refractivity contribution in [3.63, 3.8) is 0 Å². The summed E-state index contributed by atoms with van der Waals surface area (Å²) in [6, 6.07) is 9.99. The summed E-state index contributed by atoms with van der Waals surface area (Å²) in [4.78, 5) is 21.0. The summed E-state index contributed by atoms with van der Waals surface area (Å²) in [5.41, 5.74) is 0.0315. The molecule has 20 heavy (non-hydrogen) atoms. The lowest BCUT2D eigenvalue weighted by molar-refractivity contribution is -0.384. The van der Waals surface area contributed by atoms with Crippen LogP contribution in [0.4, 0.5) is 5.69 Å². The predicted molar refractivity (Wildman–Crippen MR) is 74.3 cm³/mol. The van der Waals surface area contributed by atoms with Crippen LogP contribution >= 0.6 is 15.9 Å². The highest BCUT2D eigenvalue weighted by atomic mass is 79.9. The zero-order chi connectivity index (χ0) is 14.7. The molecule has 0 saturated carbocycles. The molecule has 2 rings (SSSR count). The van der Waals surface area contributed by atoms with Gasteiger partial charge in [-0.25, -0.2) is 4.79 Å². The maximum atomic E-state index is 10.8. The van der Waals surface area contributed by atoms with Crippen molar-refractivity contribution < 1.29 is 19.6 Å². The third-order valence-corrected chi connectivity index (χ3v) is 3.05. The fourth-order valence-electron chi connectivity index (χ4n) is 1.50. The van der Waals surface area contributed by atoms with Gasteiger partial charge in [-0.15, -0.1) is 0 Å². The average Bonchev–Trinajstić information content (AvgIpc) is 2.41. The lowest BCUT2D eigenvalue weighted by atomic mass is 10.2. The fraction of sp³-hybridized carbons (Fsp3) is 0. The quantitative estimate of drug-likeness (QED) is 0.676. The van der Waals surface area contributed by atoms with Crippen LogP contribution in [0.15, 0.2) is 46.9 Å². The third kappa shape index (κ3) is 3.12. The Kier molecular flexibility index (Phi) is 3.99. The van der Waals surface area contributed by atoms with Crippen molar-refractivity contribution in [2.75, 3.05) is 0 Å². The first-order chi connectivity index (χ1) is 9.47. The summed E-state index contributed by atoms with van der Waals surface area (Å²) >= 11 is 3.20. The number of halogens is 1. The Morgan fingerprint density at radius 2 is 2.00 bits per heavy atom. The number of ether oxygens (including phenoxy) is 1. The summed E-state index contributed by atoms with van der Waals surface area (Å²) in [6.45, 7) is 0. The van der Waals surface area contributed by atoms with E-state index in [1.807, 2.05) is 0 Å². The van der Waals surface area contributed by atoms with Crippen LogP contribution in [0.5, 0.6) is 11.5 Å². The molecular weight excluding hydrogens is 330 g/mol. The maximum absolute atomic E-state index is 10.8. The van der Waals surface area contributed by atoms with Crippen LogP contribution in [0.25, 0.3) is 0 Å². The van der Waals surface area contributed by atoms with E-state index in [9.17, 15) is 14.9 Å². The number of hydrogen-bond donors (Lipinski definition) is 1. The van der Waals surface area contributed by atoms with Gasteiger partial charge in [0.2, 0.25) is 0 Å². The molecule has 0 amide bonds. The first kappa shape index (κ1) is 14.0. The van der Waals surface area contributed by atoms with Gasteiger partial charge in [-0.2, -0.15) is 0 Å². The van der Waals surface area contributed by atoms with Crippen molar-refractivity contribution in [1.82, 2.24) is 0 Å². The Morgan fingerprint density at radius 1 is 1.25 bits per heavy atom. The van der Waals surface area contributed by atoms with Crippen LogP contribution in [-0.4, -0.2) is 16.0 Å². The topological polar surface area (TPSA) is 89.7 Å². The van der Waals surface area contributed by atoms with Gasteiger partial charge in [0, 0.05) is 6.07 Å². The SMILES string of the molecule is O=C(O)c1ccc(Oc2cccc([N+](=O)[O-])c2)c(Br)c1. The second-order valence-electron chi connectivity index (χ2n) is 3.81. The molecule has 0 aliphatic rings. The zero-order valence-corrected chi connectivity index (χ0v) is 11.5. The number of benzene rings is 2. The van der Waals surface area contributed by atoms with Crippen LogP contribution in [-0.2, 0) is 0 Å². The average molecular weight is 338 g/mol. The number of nitro benzene ring substituents is 1. The zero-order valence-electron chi connectivity index (χ0n) is 9.95. The molecule has 0 unspecified atom stereocenters. The lowest BCUT2D eigenvalue weighted by Crippen LogP contribution is -1.96. The summed E-state index contributed by atoms with van der Waals surface area (Å²) in [6.07, 6.45) is 0. The van der Waals surface area contributed by atoms with E-state index in [0.717, 1.165) is 0 Å². The maximum Gasteiger partial charge on any atom is 0.335 e. The first-order valence-electron chi connectivity index (χ1n) is 5.42. The van der Waals surface area contributed by atoms with Gasteiger partial charge in [0.1, 0.15) is 11.5 Å². The Hall–Kier alpha value is -2.41. The van der Waals surface area contributed by atoms with Gasteiger partial charge in [-0.3, -0.25) is 10.1 Å². The Balaban J connectivity index is 2.28. The van der Waals surface area contributed by atoms with Crippen LogP contribution in [0, 0.1) is 10.1 Å². The second-order valence-corrected chi connectivity index (χ2v) is 4.66. The molecule has 2 aromatic carbocycles. The highest BCUT2D eigenvalue weighted by Crippen LogP contribution is 2.31. The number of carboxylic acids is 1. The van der Waals surface area contributed by atoms with E-state index in [4.69, 9.17) is 9.84 Å². The summed E-state index contributed by atoms with van der Waals surface area (Å²) in [5, 5.41) is 19.5. The van der Waals surface area contributed by atoms with Crippen molar-refractivity contribution in [2.24, 2.45) is 0 Å². The van der Waals surface area contributed by atoms with Crippen molar-refractivity contribution in [1.29, 1.82) is 0 Å². The van der Waals surface area contributed by atoms with Gasteiger partial charge in [0.15, 0.2) is 0 Å². The van der Waals surface area contributed by atoms with Gasteiger partial charge in [-0.05, 0) is 40.2 Å². The standard InChI is InChI=1S/C13H8BrNO5/c14-11-6-8(13(16)17)4-5-12(11)20-10-3-1-2-9(7-10)15(18)19/h1-7H,(H,16,17). The molecule has 2 aromatic rings. The largest absolute Gasteiger partial charge is 0.478 e. The molecule has 7 heteroatoms. The molecule has 0 radical (unpaired) electrons. The van der Waals surface area contributed by atoms with Crippen molar-refractivity contribution in [2.45, 2.75) is 0 Å². The molecule has 1 N–H and O–H groups in total. The van der Waals surface area contributed by atoms with E-state index in [1.165, 1.54) is 36.4 Å². The van der Waals surface area contributed by atoms with Crippen LogP contribution in [0.2, 0.25) is 0 Å². The number of non-ortho nitro benzene ring substituents is 1. The Bertz CT molecular complexity index is 686. The van der Waals surface area contributed by atoms with Gasteiger partial charge < -0.3 is 9.84 Å². The molecule has 0 heterocycles. The predicted octanol–water partition coefficient (Wildman–Crippen LogP) is 3.85. The molecule has 0 atom stereocenters. The number of carboxylic acid groups (broad SMARTS) is 1. The number of nitro groups is 1. The van der Waals surface area contributed by atoms with E-state index in [-0.39, 0.29) is 11.3 Å². The minimum atomic E-state index is -1.05. The van der Waals surface area contributed by atoms with Crippen LogP contribution in [0.1, 0.15) is 10.4 Å². The van der Waals surface area contributed by atoms with Gasteiger partial charge in [0.25, 0.3) is 5.69 Å². The highest BCUT2D eigenvalue weighted by Gasteiger charge is 2.10. The van der Waals surface area contributed by atoms with E-state index < -0.39 is 10.9 Å². The number of carbonyl (C=O) groups is 1. The summed E-state index contributed by atoms with van der Waals surface area (Å²) in [5.74, 6) is -0.383. The van der Waals surface area contributed by atoms with E-state index in [0.29, 0.717) is 16.0 Å². The molecule has 0 aliphatic carbocycles. The molecular formula is C13H8BrNO5. The number of hydrogen-bond acceptors (Lipinski definition) is 4. The van der Waals surface area contributed by atoms with Crippen molar-refractivity contribution in [3.05, 3.63) is 62.6 Å². The van der Waals surface area contributed by atoms with Gasteiger partial charge >= 0.3 is 5.97 Å². The van der Waals surface area contributed by atoms with Crippen LogP contribution < -0.4 is 4.74 Å². The molecule has 0 bridgehead atoms. The summed E-state index contributed by atoms with van der Waals surface area (Å²) in [7, 11) is 0. The minimum absolute atomic E-state index is 0.0826. The smallest absolute Gasteiger partial charge is 0.335 e. The third-order valence-electron chi connectivity index (χ3n) is 2.44. The molecule has 0 aromatic heterocycles. The van der Waals surface area contributed by atoms with E-state index in [2.05, 4.69) is 15.9 Å². The fourth-order valence-corrected chi connectivity index (χ4v) is 1.96. The highest BCUT2D eigenvalue weighted by molar-refractivity contribution is 9.10. The monoisotopic (exact) mass is 337 g/mol. The second kappa shape index (κ2) is 5.70. The minimum Gasteiger partial charge on any atom is -0.478 e. The Labute approximate surface area is 121 Å². The molecule has 102 valence electrons.